The fourth-order valence-electron chi connectivity index (χ4n) is 3.80. The zero-order valence-electron chi connectivity index (χ0n) is 19.2. The number of para-hydroxylation sites is 2. The number of aromatic nitrogens is 3. The van der Waals surface area contributed by atoms with Gasteiger partial charge in [-0.15, -0.1) is 5.10 Å². The fourth-order valence-corrected chi connectivity index (χ4v) is 3.80. The van der Waals surface area contributed by atoms with Crippen molar-refractivity contribution in [3.8, 4) is 0 Å². The van der Waals surface area contributed by atoms with Gasteiger partial charge < -0.3 is 10.1 Å². The van der Waals surface area contributed by atoms with E-state index in [4.69, 9.17) is 4.74 Å². The number of aryl methyl sites for hydroxylation is 1. The lowest BCUT2D eigenvalue weighted by Gasteiger charge is -2.31. The van der Waals surface area contributed by atoms with Crippen molar-refractivity contribution >= 4 is 28.5 Å². The lowest BCUT2D eigenvalue weighted by atomic mass is 10.0. The molecule has 0 aliphatic carbocycles. The smallest absolute Gasteiger partial charge is 0.249 e. The number of methoxy groups -OCH3 is 1. The van der Waals surface area contributed by atoms with E-state index in [-0.39, 0.29) is 18.4 Å². The van der Waals surface area contributed by atoms with Crippen molar-refractivity contribution in [2.45, 2.75) is 19.5 Å². The van der Waals surface area contributed by atoms with Gasteiger partial charge in [0.05, 0.1) is 12.1 Å². The molecule has 174 valence electrons. The monoisotopic (exact) mass is 457 g/mol. The molecule has 0 saturated heterocycles. The number of hydrogen-bond acceptors (Lipinski definition) is 5. The van der Waals surface area contributed by atoms with Gasteiger partial charge in [-0.1, -0.05) is 65.4 Å². The van der Waals surface area contributed by atoms with Gasteiger partial charge in [0.15, 0.2) is 0 Å². The normalized spacial score (nSPS) is 11.8. The molecule has 1 N–H and O–H groups in total. The highest BCUT2D eigenvalue weighted by molar-refractivity contribution is 6.01. The molecule has 8 nitrogen and oxygen atoms in total. The van der Waals surface area contributed by atoms with Crippen molar-refractivity contribution < 1.29 is 14.3 Å². The van der Waals surface area contributed by atoms with Crippen LogP contribution in [0.25, 0.3) is 11.0 Å². The van der Waals surface area contributed by atoms with E-state index < -0.39 is 6.04 Å². The van der Waals surface area contributed by atoms with Crippen molar-refractivity contribution in [2.75, 3.05) is 25.2 Å². The summed E-state index contributed by atoms with van der Waals surface area (Å²) >= 11 is 0. The molecule has 2 amide bonds. The summed E-state index contributed by atoms with van der Waals surface area (Å²) in [6.45, 7) is 2.62. The summed E-state index contributed by atoms with van der Waals surface area (Å²) in [6.07, 6.45) is 0. The third-order valence-electron chi connectivity index (χ3n) is 5.51. The molecule has 34 heavy (non-hydrogen) atoms. The molecule has 0 unspecified atom stereocenters. The van der Waals surface area contributed by atoms with Crippen molar-refractivity contribution in [2.24, 2.45) is 0 Å². The molecule has 1 aromatic heterocycles. The van der Waals surface area contributed by atoms with Crippen molar-refractivity contribution in [1.29, 1.82) is 0 Å². The molecule has 0 fully saturated rings. The highest BCUT2D eigenvalue weighted by Crippen LogP contribution is 2.29. The van der Waals surface area contributed by atoms with Crippen LogP contribution in [0.3, 0.4) is 0 Å². The van der Waals surface area contributed by atoms with E-state index in [2.05, 4.69) is 15.6 Å². The van der Waals surface area contributed by atoms with E-state index in [1.165, 1.54) is 4.90 Å². The van der Waals surface area contributed by atoms with Crippen molar-refractivity contribution in [1.82, 2.24) is 20.3 Å². The van der Waals surface area contributed by atoms with Gasteiger partial charge in [0.1, 0.15) is 18.1 Å². The molecule has 4 rings (SSSR count). The van der Waals surface area contributed by atoms with Gasteiger partial charge in [-0.25, -0.2) is 4.68 Å². The molecule has 3 aromatic carbocycles. The first-order valence-electron chi connectivity index (χ1n) is 11.1. The second-order valence-electron chi connectivity index (χ2n) is 7.93. The number of benzene rings is 3. The second kappa shape index (κ2) is 10.7. The first kappa shape index (κ1) is 23.1. The quantitative estimate of drug-likeness (QED) is 0.390. The van der Waals surface area contributed by atoms with Gasteiger partial charge in [0.2, 0.25) is 11.8 Å². The van der Waals surface area contributed by atoms with Crippen LogP contribution in [0.4, 0.5) is 5.69 Å². The third-order valence-corrected chi connectivity index (χ3v) is 5.51. The standard InChI is InChI=1S/C26H27N5O3/c1-19-12-14-20(15-13-19)25(26(33)27-16-17-34-2)31(21-8-4-3-5-9-21)24(32)18-30-23-11-7-6-10-22(23)28-29-30/h3-15,25H,16-18H2,1-2H3,(H,27,33)/t25-/m1/s1. The van der Waals surface area contributed by atoms with Crippen LogP contribution in [0.5, 0.6) is 0 Å². The summed E-state index contributed by atoms with van der Waals surface area (Å²) in [5.74, 6) is -0.573. The van der Waals surface area contributed by atoms with E-state index >= 15 is 0 Å². The zero-order valence-corrected chi connectivity index (χ0v) is 19.2. The Bertz CT molecular complexity index is 1250. The van der Waals surface area contributed by atoms with Crippen LogP contribution in [0.15, 0.2) is 78.9 Å². The Balaban J connectivity index is 1.75. The molecular formula is C26H27N5O3. The molecule has 0 aliphatic rings. The van der Waals surface area contributed by atoms with Crippen molar-refractivity contribution in [3.63, 3.8) is 0 Å². The summed E-state index contributed by atoms with van der Waals surface area (Å²) < 4.78 is 6.64. The van der Waals surface area contributed by atoms with E-state index in [1.807, 2.05) is 85.8 Å². The second-order valence-corrected chi connectivity index (χ2v) is 7.93. The molecule has 8 heteroatoms. The Morgan fingerprint density at radius 2 is 1.71 bits per heavy atom. The number of hydrogen-bond donors (Lipinski definition) is 1. The Kier molecular flexibility index (Phi) is 7.29. The molecule has 0 saturated carbocycles. The molecule has 1 heterocycles. The minimum Gasteiger partial charge on any atom is -0.383 e. The highest BCUT2D eigenvalue weighted by atomic mass is 16.5. The summed E-state index contributed by atoms with van der Waals surface area (Å²) in [5, 5.41) is 11.2. The first-order chi connectivity index (χ1) is 16.6. The Morgan fingerprint density at radius 3 is 2.44 bits per heavy atom. The number of rotatable bonds is 9. The Labute approximate surface area is 198 Å². The highest BCUT2D eigenvalue weighted by Gasteiger charge is 2.33. The topological polar surface area (TPSA) is 89.4 Å². The number of amides is 2. The molecular weight excluding hydrogens is 430 g/mol. The lowest BCUT2D eigenvalue weighted by molar-refractivity contribution is -0.127. The first-order valence-corrected chi connectivity index (χ1v) is 11.1. The number of fused-ring (bicyclic) bond motifs is 1. The third kappa shape index (κ3) is 5.13. The molecule has 4 aromatic rings. The SMILES string of the molecule is COCCNC(=O)[C@@H](c1ccc(C)cc1)N(C(=O)Cn1nnc2ccccc21)c1ccccc1. The average molecular weight is 458 g/mol. The van der Waals surface area contributed by atoms with Gasteiger partial charge in [0, 0.05) is 19.3 Å². The van der Waals surface area contributed by atoms with E-state index in [0.29, 0.717) is 29.9 Å². The maximum Gasteiger partial charge on any atom is 0.249 e. The van der Waals surface area contributed by atoms with Gasteiger partial charge in [-0.05, 0) is 36.8 Å². The lowest BCUT2D eigenvalue weighted by Crippen LogP contribution is -2.46. The number of ether oxygens (including phenoxy) is 1. The van der Waals surface area contributed by atoms with Gasteiger partial charge >= 0.3 is 0 Å². The van der Waals surface area contributed by atoms with Crippen LogP contribution >= 0.6 is 0 Å². The summed E-state index contributed by atoms with van der Waals surface area (Å²) in [7, 11) is 1.58. The predicted octanol–water partition coefficient (Wildman–Crippen LogP) is 3.28. The van der Waals surface area contributed by atoms with E-state index in [1.54, 1.807) is 11.8 Å². The molecule has 0 radical (unpaired) electrons. The van der Waals surface area contributed by atoms with Crippen LogP contribution < -0.4 is 10.2 Å². The predicted molar refractivity (Wildman–Crippen MR) is 130 cm³/mol. The summed E-state index contributed by atoms with van der Waals surface area (Å²) in [6, 6.07) is 23.4. The van der Waals surface area contributed by atoms with Crippen LogP contribution in [0.2, 0.25) is 0 Å². The number of carbonyl (C=O) groups excluding carboxylic acids is 2. The van der Waals surface area contributed by atoms with Crippen molar-refractivity contribution in [3.05, 3.63) is 90.0 Å². The van der Waals surface area contributed by atoms with E-state index in [0.717, 1.165) is 11.1 Å². The fraction of sp³-hybridized carbons (Fsp3) is 0.231. The summed E-state index contributed by atoms with van der Waals surface area (Å²) in [4.78, 5) is 28.8. The minimum atomic E-state index is -0.873. The molecule has 0 bridgehead atoms. The number of carbonyl (C=O) groups is 2. The maximum atomic E-state index is 13.8. The number of anilines is 1. The Morgan fingerprint density at radius 1 is 1.00 bits per heavy atom. The molecule has 0 spiro atoms. The molecule has 0 aliphatic heterocycles. The van der Waals surface area contributed by atoms with Gasteiger partial charge in [0.25, 0.3) is 0 Å². The van der Waals surface area contributed by atoms with E-state index in [9.17, 15) is 9.59 Å². The van der Waals surface area contributed by atoms with Crippen LogP contribution in [0.1, 0.15) is 17.2 Å². The number of nitrogens with one attached hydrogen (secondary N) is 1. The number of nitrogens with zero attached hydrogens (tertiary/aromatic N) is 4. The largest absolute Gasteiger partial charge is 0.383 e. The van der Waals surface area contributed by atoms with Gasteiger partial charge in [-0.2, -0.15) is 0 Å². The maximum absolute atomic E-state index is 13.8. The van der Waals surface area contributed by atoms with Crippen LogP contribution in [-0.4, -0.2) is 47.1 Å². The minimum absolute atomic E-state index is 0.0663. The Hall–Kier alpha value is -4.04. The van der Waals surface area contributed by atoms with Crippen LogP contribution in [0, 0.1) is 6.92 Å². The van der Waals surface area contributed by atoms with Crippen LogP contribution in [-0.2, 0) is 20.9 Å². The average Bonchev–Trinajstić information content (AvgIpc) is 3.26. The molecule has 1 atom stereocenters. The zero-order chi connectivity index (χ0) is 23.9. The summed E-state index contributed by atoms with van der Waals surface area (Å²) in [5.41, 5.74) is 3.84. The van der Waals surface area contributed by atoms with Gasteiger partial charge in [-0.3, -0.25) is 14.5 Å².